The summed E-state index contributed by atoms with van der Waals surface area (Å²) in [7, 11) is 0. The van der Waals surface area contributed by atoms with Gasteiger partial charge < -0.3 is 4.74 Å². The van der Waals surface area contributed by atoms with Crippen LogP contribution in [0.4, 0.5) is 0 Å². The average Bonchev–Trinajstić information content (AvgIpc) is 2.46. The lowest BCUT2D eigenvalue weighted by molar-refractivity contribution is 0.0756. The van der Waals surface area contributed by atoms with Crippen molar-refractivity contribution in [2.45, 2.75) is 124 Å². The monoisotopic (exact) mass is 312 g/mol. The highest BCUT2D eigenvalue weighted by Gasteiger charge is 1.96. The van der Waals surface area contributed by atoms with Crippen LogP contribution in [-0.4, -0.2) is 12.7 Å². The Balaban J connectivity index is 2.97. The Bertz CT molecular complexity index is 176. The molecule has 0 aromatic heterocycles. The second-order valence-corrected chi connectivity index (χ2v) is 7.70. The Hall–Kier alpha value is -0.0400. The molecule has 0 aliphatic carbocycles. The van der Waals surface area contributed by atoms with Gasteiger partial charge in [0.15, 0.2) is 0 Å². The lowest BCUT2D eigenvalue weighted by Gasteiger charge is -2.07. The van der Waals surface area contributed by atoms with Crippen LogP contribution in [0, 0.1) is 5.92 Å². The quantitative estimate of drug-likeness (QED) is 0.252. The minimum atomic E-state index is 0.398. The molecule has 0 fully saturated rings. The Labute approximate surface area is 141 Å². The standard InChI is InChI=1S/C21H44O/c1-20(2)18-16-14-12-10-8-6-5-7-9-11-13-15-17-19-22-21(3)4/h20-21H,5-19H2,1-4H3. The van der Waals surface area contributed by atoms with Gasteiger partial charge in [0, 0.05) is 6.61 Å². The van der Waals surface area contributed by atoms with E-state index in [1.54, 1.807) is 0 Å². The summed E-state index contributed by atoms with van der Waals surface area (Å²) in [6.07, 6.45) is 20.4. The minimum absolute atomic E-state index is 0.398. The maximum atomic E-state index is 5.56. The molecule has 0 atom stereocenters. The third kappa shape index (κ3) is 20.0. The summed E-state index contributed by atoms with van der Waals surface area (Å²) in [5, 5.41) is 0. The van der Waals surface area contributed by atoms with E-state index in [4.69, 9.17) is 4.74 Å². The molecule has 0 heterocycles. The molecule has 0 aliphatic rings. The molecule has 0 unspecified atom stereocenters. The molecule has 0 radical (unpaired) electrons. The molecule has 0 N–H and O–H groups in total. The van der Waals surface area contributed by atoms with Gasteiger partial charge >= 0.3 is 0 Å². The van der Waals surface area contributed by atoms with E-state index in [2.05, 4.69) is 27.7 Å². The van der Waals surface area contributed by atoms with E-state index in [9.17, 15) is 0 Å². The van der Waals surface area contributed by atoms with Crippen molar-refractivity contribution >= 4 is 0 Å². The highest BCUT2D eigenvalue weighted by Crippen LogP contribution is 2.14. The summed E-state index contributed by atoms with van der Waals surface area (Å²) in [5.74, 6) is 0.891. The molecular formula is C21H44O. The zero-order valence-electron chi connectivity index (χ0n) is 16.2. The molecule has 22 heavy (non-hydrogen) atoms. The smallest absolute Gasteiger partial charge is 0.0518 e. The van der Waals surface area contributed by atoms with Crippen molar-refractivity contribution in [3.05, 3.63) is 0 Å². The molecule has 0 aromatic carbocycles. The summed E-state index contributed by atoms with van der Waals surface area (Å²) in [4.78, 5) is 0. The Morgan fingerprint density at radius 3 is 1.23 bits per heavy atom. The molecule has 0 aromatic rings. The van der Waals surface area contributed by atoms with Crippen molar-refractivity contribution in [2.75, 3.05) is 6.61 Å². The van der Waals surface area contributed by atoms with Gasteiger partial charge in [-0.3, -0.25) is 0 Å². The minimum Gasteiger partial charge on any atom is -0.379 e. The molecule has 0 aliphatic heterocycles. The lowest BCUT2D eigenvalue weighted by atomic mass is 10.0. The normalized spacial score (nSPS) is 11.7. The number of hydrogen-bond acceptors (Lipinski definition) is 1. The first-order valence-electron chi connectivity index (χ1n) is 10.2. The van der Waals surface area contributed by atoms with E-state index < -0.39 is 0 Å². The van der Waals surface area contributed by atoms with Crippen LogP contribution in [0.5, 0.6) is 0 Å². The van der Waals surface area contributed by atoms with Crippen molar-refractivity contribution < 1.29 is 4.74 Å². The molecule has 0 rings (SSSR count). The van der Waals surface area contributed by atoms with Gasteiger partial charge in [-0.2, -0.15) is 0 Å². The Morgan fingerprint density at radius 2 is 0.864 bits per heavy atom. The lowest BCUT2D eigenvalue weighted by Crippen LogP contribution is -2.03. The molecule has 0 saturated carbocycles. The average molecular weight is 313 g/mol. The van der Waals surface area contributed by atoms with Gasteiger partial charge in [-0.25, -0.2) is 0 Å². The number of hydrogen-bond donors (Lipinski definition) is 0. The van der Waals surface area contributed by atoms with Crippen LogP contribution >= 0.6 is 0 Å². The molecule has 1 heteroatoms. The summed E-state index contributed by atoms with van der Waals surface area (Å²) in [6, 6.07) is 0. The number of unbranched alkanes of at least 4 members (excludes halogenated alkanes) is 12. The Morgan fingerprint density at radius 1 is 0.500 bits per heavy atom. The van der Waals surface area contributed by atoms with Gasteiger partial charge in [-0.05, 0) is 26.2 Å². The highest BCUT2D eigenvalue weighted by atomic mass is 16.5. The van der Waals surface area contributed by atoms with Crippen LogP contribution < -0.4 is 0 Å². The highest BCUT2D eigenvalue weighted by molar-refractivity contribution is 4.51. The first-order chi connectivity index (χ1) is 10.6. The predicted octanol–water partition coefficient (Wildman–Crippen LogP) is 7.53. The zero-order valence-corrected chi connectivity index (χ0v) is 16.2. The molecular weight excluding hydrogens is 268 g/mol. The first kappa shape index (κ1) is 22.0. The third-order valence-electron chi connectivity index (χ3n) is 4.38. The second kappa shape index (κ2) is 17.3. The molecule has 0 spiro atoms. The fourth-order valence-electron chi connectivity index (χ4n) is 2.92. The van der Waals surface area contributed by atoms with Crippen molar-refractivity contribution in [3.8, 4) is 0 Å². The number of ether oxygens (including phenoxy) is 1. The van der Waals surface area contributed by atoms with Gasteiger partial charge in [0.1, 0.15) is 0 Å². The van der Waals surface area contributed by atoms with E-state index in [0.717, 1.165) is 12.5 Å². The van der Waals surface area contributed by atoms with E-state index in [1.165, 1.54) is 89.9 Å². The third-order valence-corrected chi connectivity index (χ3v) is 4.38. The van der Waals surface area contributed by atoms with E-state index >= 15 is 0 Å². The largest absolute Gasteiger partial charge is 0.379 e. The maximum absolute atomic E-state index is 5.56. The van der Waals surface area contributed by atoms with Crippen LogP contribution in [-0.2, 0) is 4.74 Å². The number of rotatable bonds is 17. The van der Waals surface area contributed by atoms with Crippen LogP contribution in [0.15, 0.2) is 0 Å². The fourth-order valence-corrected chi connectivity index (χ4v) is 2.92. The van der Waals surface area contributed by atoms with Crippen LogP contribution in [0.3, 0.4) is 0 Å². The molecule has 134 valence electrons. The van der Waals surface area contributed by atoms with E-state index in [1.807, 2.05) is 0 Å². The van der Waals surface area contributed by atoms with E-state index in [-0.39, 0.29) is 0 Å². The molecule has 0 bridgehead atoms. The molecule has 1 nitrogen and oxygen atoms in total. The SMILES string of the molecule is CC(C)CCCCCCCCCCCCCCCOC(C)C. The van der Waals surface area contributed by atoms with Crippen LogP contribution in [0.25, 0.3) is 0 Å². The fraction of sp³-hybridized carbons (Fsp3) is 1.00. The van der Waals surface area contributed by atoms with Gasteiger partial charge in [-0.1, -0.05) is 97.3 Å². The summed E-state index contributed by atoms with van der Waals surface area (Å²) < 4.78 is 5.56. The zero-order chi connectivity index (χ0) is 16.5. The van der Waals surface area contributed by atoms with Crippen LogP contribution in [0.1, 0.15) is 118 Å². The van der Waals surface area contributed by atoms with Gasteiger partial charge in [-0.15, -0.1) is 0 Å². The van der Waals surface area contributed by atoms with Crippen molar-refractivity contribution in [1.82, 2.24) is 0 Å². The second-order valence-electron chi connectivity index (χ2n) is 7.70. The maximum Gasteiger partial charge on any atom is 0.0518 e. The topological polar surface area (TPSA) is 9.23 Å². The van der Waals surface area contributed by atoms with Gasteiger partial charge in [0.2, 0.25) is 0 Å². The summed E-state index contributed by atoms with van der Waals surface area (Å²) >= 11 is 0. The van der Waals surface area contributed by atoms with Crippen LogP contribution in [0.2, 0.25) is 0 Å². The molecule has 0 saturated heterocycles. The predicted molar refractivity (Wildman–Crippen MR) is 101 cm³/mol. The summed E-state index contributed by atoms with van der Waals surface area (Å²) in [5.41, 5.74) is 0. The summed E-state index contributed by atoms with van der Waals surface area (Å²) in [6.45, 7) is 9.85. The van der Waals surface area contributed by atoms with E-state index in [0.29, 0.717) is 6.10 Å². The van der Waals surface area contributed by atoms with Gasteiger partial charge in [0.25, 0.3) is 0 Å². The first-order valence-corrected chi connectivity index (χ1v) is 10.2. The Kier molecular flexibility index (Phi) is 17.3. The van der Waals surface area contributed by atoms with Crippen molar-refractivity contribution in [1.29, 1.82) is 0 Å². The van der Waals surface area contributed by atoms with Gasteiger partial charge in [0.05, 0.1) is 6.10 Å². The van der Waals surface area contributed by atoms with Crippen molar-refractivity contribution in [2.24, 2.45) is 5.92 Å². The molecule has 0 amide bonds. The van der Waals surface area contributed by atoms with Crippen molar-refractivity contribution in [3.63, 3.8) is 0 Å².